The summed E-state index contributed by atoms with van der Waals surface area (Å²) < 4.78 is -1.59. The van der Waals surface area contributed by atoms with Crippen LogP contribution in [0.5, 0.6) is 0 Å². The van der Waals surface area contributed by atoms with Gasteiger partial charge in [0.2, 0.25) is 9.46 Å². The molecule has 1 rings (SSSR count). The second-order valence-corrected chi connectivity index (χ2v) is 5.95. The van der Waals surface area contributed by atoms with Gasteiger partial charge in [-0.2, -0.15) is 0 Å². The summed E-state index contributed by atoms with van der Waals surface area (Å²) in [6.07, 6.45) is 5.00. The minimum absolute atomic E-state index is 0.220. The highest BCUT2D eigenvalue weighted by Gasteiger charge is 2.49. The number of hydrogen-bond acceptors (Lipinski definition) is 4. The Morgan fingerprint density at radius 1 is 1.44 bits per heavy atom. The van der Waals surface area contributed by atoms with Crippen LogP contribution in [0.1, 0.15) is 32.6 Å². The number of aliphatic imine (C=N–C) groups is 2. The zero-order chi connectivity index (χ0) is 12.2. The predicted molar refractivity (Wildman–Crippen MR) is 70.4 cm³/mol. The topological polar surface area (TPSA) is 62.8 Å². The molecule has 0 amide bonds. The van der Waals surface area contributed by atoms with Gasteiger partial charge in [-0.3, -0.25) is 0 Å². The number of guanidine groups is 1. The molecule has 0 aromatic rings. The Morgan fingerprint density at radius 2 is 2.12 bits per heavy atom. The van der Waals surface area contributed by atoms with Crippen LogP contribution in [-0.4, -0.2) is 21.8 Å². The van der Waals surface area contributed by atoms with Crippen molar-refractivity contribution in [2.75, 3.05) is 0 Å². The molecule has 0 aliphatic carbocycles. The Morgan fingerprint density at radius 3 is 2.62 bits per heavy atom. The molecule has 92 valence electrons. The van der Waals surface area contributed by atoms with Crippen LogP contribution >= 0.6 is 34.8 Å². The Balaban J connectivity index is 2.85. The van der Waals surface area contributed by atoms with Crippen molar-refractivity contribution in [1.82, 2.24) is 5.32 Å². The second kappa shape index (κ2) is 5.43. The van der Waals surface area contributed by atoms with Crippen molar-refractivity contribution in [2.45, 2.75) is 42.1 Å². The number of nitrogens with zero attached hydrogens (tertiary/aromatic N) is 2. The summed E-state index contributed by atoms with van der Waals surface area (Å²) in [5.41, 5.74) is 4.49. The van der Waals surface area contributed by atoms with Crippen LogP contribution in [0.3, 0.4) is 0 Å². The lowest BCUT2D eigenvalue weighted by atomic mass is 10.0. The third kappa shape index (κ3) is 3.15. The molecular formula is C9H15Cl3N4. The van der Waals surface area contributed by atoms with Crippen molar-refractivity contribution in [3.8, 4) is 0 Å². The van der Waals surface area contributed by atoms with Gasteiger partial charge in [0, 0.05) is 0 Å². The quantitative estimate of drug-likeness (QED) is 0.616. The Kier molecular flexibility index (Phi) is 4.71. The molecule has 16 heavy (non-hydrogen) atoms. The van der Waals surface area contributed by atoms with Crippen LogP contribution in [0.15, 0.2) is 9.98 Å². The van der Waals surface area contributed by atoms with Gasteiger partial charge >= 0.3 is 0 Å². The third-order valence-electron chi connectivity index (χ3n) is 2.38. The van der Waals surface area contributed by atoms with Crippen LogP contribution < -0.4 is 11.1 Å². The molecule has 1 aliphatic heterocycles. The largest absolute Gasteiger partial charge is 0.370 e. The van der Waals surface area contributed by atoms with Gasteiger partial charge < -0.3 is 11.1 Å². The van der Waals surface area contributed by atoms with Gasteiger partial charge in [0.15, 0.2) is 5.96 Å². The average Bonchev–Trinajstić information content (AvgIpc) is 2.16. The molecule has 7 heteroatoms. The van der Waals surface area contributed by atoms with E-state index in [0.717, 1.165) is 19.3 Å². The lowest BCUT2D eigenvalue weighted by Crippen LogP contribution is -2.48. The lowest BCUT2D eigenvalue weighted by Gasteiger charge is -2.34. The maximum absolute atomic E-state index is 5.94. The summed E-state index contributed by atoms with van der Waals surface area (Å²) in [6.45, 7) is 2.10. The van der Waals surface area contributed by atoms with Crippen molar-refractivity contribution in [3.63, 3.8) is 0 Å². The van der Waals surface area contributed by atoms with Crippen LogP contribution in [-0.2, 0) is 0 Å². The number of rotatable bonds is 4. The second-order valence-electron chi connectivity index (χ2n) is 3.67. The van der Waals surface area contributed by atoms with Crippen LogP contribution in [0.2, 0.25) is 0 Å². The van der Waals surface area contributed by atoms with Gasteiger partial charge in [0.1, 0.15) is 0 Å². The van der Waals surface area contributed by atoms with Gasteiger partial charge in [-0.15, -0.1) is 0 Å². The van der Waals surface area contributed by atoms with E-state index < -0.39 is 9.46 Å². The van der Waals surface area contributed by atoms with Gasteiger partial charge in [0.05, 0.1) is 6.34 Å². The number of alkyl halides is 3. The Bertz CT molecular complexity index is 298. The van der Waals surface area contributed by atoms with Gasteiger partial charge in [-0.05, 0) is 12.8 Å². The first kappa shape index (κ1) is 13.9. The highest BCUT2D eigenvalue weighted by atomic mass is 35.6. The molecule has 1 aliphatic rings. The zero-order valence-electron chi connectivity index (χ0n) is 9.01. The van der Waals surface area contributed by atoms with Crippen LogP contribution in [0.25, 0.3) is 0 Å². The van der Waals surface area contributed by atoms with E-state index in [9.17, 15) is 0 Å². The highest BCUT2D eigenvalue weighted by Crippen LogP contribution is 2.45. The van der Waals surface area contributed by atoms with Crippen molar-refractivity contribution in [3.05, 3.63) is 0 Å². The molecule has 0 radical (unpaired) electrons. The fraction of sp³-hybridized carbons (Fsp3) is 0.778. The Labute approximate surface area is 110 Å². The van der Waals surface area contributed by atoms with E-state index in [1.54, 1.807) is 0 Å². The number of nitrogens with two attached hydrogens (primary N) is 1. The van der Waals surface area contributed by atoms with E-state index in [1.807, 2.05) is 0 Å². The molecule has 0 fully saturated rings. The van der Waals surface area contributed by atoms with E-state index in [0.29, 0.717) is 6.42 Å². The third-order valence-corrected chi connectivity index (χ3v) is 3.29. The minimum atomic E-state index is -1.59. The van der Waals surface area contributed by atoms with Crippen molar-refractivity contribution >= 4 is 47.1 Å². The highest BCUT2D eigenvalue weighted by molar-refractivity contribution is 6.68. The smallest absolute Gasteiger partial charge is 0.235 e. The maximum atomic E-state index is 5.94. The average molecular weight is 286 g/mol. The SMILES string of the molecule is CCCCCC1(C(Cl)(Cl)Cl)N=CNC(N)=N1. The monoisotopic (exact) mass is 284 g/mol. The number of hydrogen-bond donors (Lipinski definition) is 2. The Hall–Kier alpha value is -0.190. The molecule has 3 N–H and O–H groups in total. The molecular weight excluding hydrogens is 270 g/mol. The molecule has 0 aromatic carbocycles. The molecule has 1 atom stereocenters. The first-order chi connectivity index (χ1) is 7.41. The fourth-order valence-electron chi connectivity index (χ4n) is 1.49. The van der Waals surface area contributed by atoms with Gasteiger partial charge in [-0.1, -0.05) is 54.6 Å². The van der Waals surface area contributed by atoms with Crippen LogP contribution in [0, 0.1) is 0 Å². The predicted octanol–water partition coefficient (Wildman–Crippen LogP) is 2.58. The number of unbranched alkanes of at least 4 members (excludes halogenated alkanes) is 2. The van der Waals surface area contributed by atoms with Crippen molar-refractivity contribution < 1.29 is 0 Å². The van der Waals surface area contributed by atoms with E-state index in [2.05, 4.69) is 22.2 Å². The fourth-order valence-corrected chi connectivity index (χ4v) is 2.04. The molecule has 0 saturated heterocycles. The first-order valence-corrected chi connectivity index (χ1v) is 6.27. The molecule has 0 aromatic heterocycles. The van der Waals surface area contributed by atoms with E-state index in [1.165, 1.54) is 6.34 Å². The lowest BCUT2D eigenvalue weighted by molar-refractivity contribution is 0.398. The molecule has 4 nitrogen and oxygen atoms in total. The standard InChI is InChI=1S/C9H15Cl3N4/c1-2-3-4-5-8(9(10,11)12)15-6-14-7(13)16-8/h6H,2-5H2,1H3,(H3,13,14,15,16). The molecule has 0 bridgehead atoms. The molecule has 0 spiro atoms. The van der Waals surface area contributed by atoms with Crippen molar-refractivity contribution in [1.29, 1.82) is 0 Å². The van der Waals surface area contributed by atoms with E-state index >= 15 is 0 Å². The van der Waals surface area contributed by atoms with Crippen LogP contribution in [0.4, 0.5) is 0 Å². The van der Waals surface area contributed by atoms with Crippen molar-refractivity contribution in [2.24, 2.45) is 15.7 Å². The minimum Gasteiger partial charge on any atom is -0.370 e. The first-order valence-electron chi connectivity index (χ1n) is 5.13. The molecule has 0 saturated carbocycles. The summed E-state index contributed by atoms with van der Waals surface area (Å²) in [7, 11) is 0. The molecule has 1 unspecified atom stereocenters. The van der Waals surface area contributed by atoms with Gasteiger partial charge in [-0.25, -0.2) is 9.98 Å². The summed E-state index contributed by atoms with van der Waals surface area (Å²) in [6, 6.07) is 0. The number of halogens is 3. The van der Waals surface area contributed by atoms with Gasteiger partial charge in [0.25, 0.3) is 0 Å². The summed E-state index contributed by atoms with van der Waals surface area (Å²) in [5, 5.41) is 2.66. The summed E-state index contributed by atoms with van der Waals surface area (Å²) in [5.74, 6) is 0.220. The molecule has 1 heterocycles. The zero-order valence-corrected chi connectivity index (χ0v) is 11.3. The summed E-state index contributed by atoms with van der Waals surface area (Å²) in [4.78, 5) is 8.30. The summed E-state index contributed by atoms with van der Waals surface area (Å²) >= 11 is 17.8. The maximum Gasteiger partial charge on any atom is 0.235 e. The van der Waals surface area contributed by atoms with E-state index in [4.69, 9.17) is 40.5 Å². The number of nitrogens with one attached hydrogen (secondary N) is 1. The normalized spacial score (nSPS) is 25.1. The van der Waals surface area contributed by atoms with E-state index in [-0.39, 0.29) is 5.96 Å².